The first-order valence-corrected chi connectivity index (χ1v) is 8.93. The van der Waals surface area contributed by atoms with E-state index in [4.69, 9.17) is 15.3 Å². The molecule has 0 unspecified atom stereocenters. The first kappa shape index (κ1) is 18.8. The summed E-state index contributed by atoms with van der Waals surface area (Å²) in [7, 11) is -2.41. The number of para-hydroxylation sites is 2. The van der Waals surface area contributed by atoms with E-state index >= 15 is 0 Å². The highest BCUT2D eigenvalue weighted by molar-refractivity contribution is 7.92. The highest BCUT2D eigenvalue weighted by Gasteiger charge is 2.19. The Balaban J connectivity index is 2.37. The molecule has 0 aromatic heterocycles. The van der Waals surface area contributed by atoms with Crippen LogP contribution in [0.25, 0.3) is 0 Å². The fraction of sp³-hybridized carbons (Fsp3) is 0.111. The topological polar surface area (TPSA) is 115 Å². The molecule has 0 amide bonds. The van der Waals surface area contributed by atoms with Crippen LogP contribution in [-0.2, 0) is 10.0 Å². The minimum absolute atomic E-state index is 0.0669. The number of hydrogen-bond donors (Lipinski definition) is 2. The van der Waals surface area contributed by atoms with Gasteiger partial charge in [-0.1, -0.05) is 18.2 Å². The smallest absolute Gasteiger partial charge is 0.262 e. The molecule has 0 atom stereocenters. The molecule has 0 spiro atoms. The molecule has 0 saturated heterocycles. The van der Waals surface area contributed by atoms with Crippen molar-refractivity contribution in [2.24, 2.45) is 0 Å². The van der Waals surface area contributed by atoms with Crippen molar-refractivity contribution in [1.29, 1.82) is 10.5 Å². The zero-order valence-electron chi connectivity index (χ0n) is 14.1. The van der Waals surface area contributed by atoms with E-state index in [2.05, 4.69) is 10.0 Å². The Morgan fingerprint density at radius 2 is 1.85 bits per heavy atom. The van der Waals surface area contributed by atoms with Crippen LogP contribution < -0.4 is 14.8 Å². The second-order valence-corrected chi connectivity index (χ2v) is 6.86. The van der Waals surface area contributed by atoms with Crippen LogP contribution in [0.1, 0.15) is 5.56 Å². The van der Waals surface area contributed by atoms with Gasteiger partial charge in [0.25, 0.3) is 10.0 Å². The molecule has 0 fully saturated rings. The summed E-state index contributed by atoms with van der Waals surface area (Å²) in [5, 5.41) is 20.2. The van der Waals surface area contributed by atoms with Gasteiger partial charge in [-0.2, -0.15) is 10.5 Å². The lowest BCUT2D eigenvalue weighted by Gasteiger charge is -2.14. The molecule has 2 aromatic carbocycles. The summed E-state index contributed by atoms with van der Waals surface area (Å²) in [5.74, 6) is 0.402. The summed E-state index contributed by atoms with van der Waals surface area (Å²) >= 11 is 0. The Hall–Kier alpha value is -3.49. The number of nitriles is 2. The van der Waals surface area contributed by atoms with E-state index < -0.39 is 10.0 Å². The van der Waals surface area contributed by atoms with Crippen LogP contribution in [0.2, 0.25) is 0 Å². The summed E-state index contributed by atoms with van der Waals surface area (Å²) in [6.45, 7) is 1.67. The third kappa shape index (κ3) is 4.32. The van der Waals surface area contributed by atoms with E-state index in [0.717, 1.165) is 0 Å². The van der Waals surface area contributed by atoms with Gasteiger partial charge in [-0.15, -0.1) is 0 Å². The van der Waals surface area contributed by atoms with Crippen LogP contribution in [0.3, 0.4) is 0 Å². The largest absolute Gasteiger partial charge is 0.495 e. The highest BCUT2D eigenvalue weighted by atomic mass is 32.2. The van der Waals surface area contributed by atoms with Crippen molar-refractivity contribution >= 4 is 21.4 Å². The Morgan fingerprint density at radius 1 is 1.15 bits per heavy atom. The quantitative estimate of drug-likeness (QED) is 0.757. The standard InChI is InChI=1S/C18H16N4O3S/c1-13-7-8-15(21-12-14(10-19)11-20)9-18(13)26(23,24)22-16-5-3-4-6-17(16)25-2/h3-9,12,21-22H,1-2H3. The van der Waals surface area contributed by atoms with Gasteiger partial charge in [0, 0.05) is 11.9 Å². The van der Waals surface area contributed by atoms with Gasteiger partial charge in [0.2, 0.25) is 0 Å². The molecule has 7 nitrogen and oxygen atoms in total. The fourth-order valence-electron chi connectivity index (χ4n) is 2.15. The lowest BCUT2D eigenvalue weighted by atomic mass is 10.2. The number of anilines is 2. The third-order valence-electron chi connectivity index (χ3n) is 3.45. The van der Waals surface area contributed by atoms with Gasteiger partial charge in [-0.25, -0.2) is 8.42 Å². The van der Waals surface area contributed by atoms with E-state index in [1.165, 1.54) is 19.4 Å². The molecule has 26 heavy (non-hydrogen) atoms. The number of nitrogens with zero attached hydrogens (tertiary/aromatic N) is 2. The molecule has 0 bridgehead atoms. The van der Waals surface area contributed by atoms with Gasteiger partial charge in [0.1, 0.15) is 23.5 Å². The van der Waals surface area contributed by atoms with Gasteiger partial charge in [-0.3, -0.25) is 4.72 Å². The minimum Gasteiger partial charge on any atom is -0.495 e. The van der Waals surface area contributed by atoms with Crippen LogP contribution in [0, 0.1) is 29.6 Å². The van der Waals surface area contributed by atoms with Crippen LogP contribution >= 0.6 is 0 Å². The number of sulfonamides is 1. The van der Waals surface area contributed by atoms with Gasteiger partial charge in [0.05, 0.1) is 17.7 Å². The van der Waals surface area contributed by atoms with Crippen LogP contribution in [-0.4, -0.2) is 15.5 Å². The van der Waals surface area contributed by atoms with Crippen molar-refractivity contribution in [3.8, 4) is 17.9 Å². The maximum Gasteiger partial charge on any atom is 0.262 e. The zero-order chi connectivity index (χ0) is 19.2. The summed E-state index contributed by atoms with van der Waals surface area (Å²) < 4.78 is 33.2. The number of ether oxygens (including phenoxy) is 1. The second kappa shape index (κ2) is 8.06. The molecule has 0 aliphatic carbocycles. The van der Waals surface area contributed by atoms with Crippen molar-refractivity contribution in [3.63, 3.8) is 0 Å². The van der Waals surface area contributed by atoms with Gasteiger partial charge < -0.3 is 10.1 Å². The monoisotopic (exact) mass is 368 g/mol. The van der Waals surface area contributed by atoms with Gasteiger partial charge in [0.15, 0.2) is 0 Å². The first-order valence-electron chi connectivity index (χ1n) is 7.44. The molecular formula is C18H16N4O3S. The Labute approximate surface area is 152 Å². The lowest BCUT2D eigenvalue weighted by Crippen LogP contribution is -2.15. The first-order chi connectivity index (χ1) is 12.4. The molecule has 132 valence electrons. The number of allylic oxidation sites excluding steroid dienone is 1. The Morgan fingerprint density at radius 3 is 2.50 bits per heavy atom. The lowest BCUT2D eigenvalue weighted by molar-refractivity contribution is 0.417. The number of aryl methyl sites for hydroxylation is 1. The Bertz CT molecular complexity index is 1020. The van der Waals surface area contributed by atoms with Crippen LogP contribution in [0.4, 0.5) is 11.4 Å². The normalized spacial score (nSPS) is 10.2. The van der Waals surface area contributed by atoms with Crippen LogP contribution in [0.5, 0.6) is 5.75 Å². The van der Waals surface area contributed by atoms with Crippen molar-refractivity contribution < 1.29 is 13.2 Å². The molecular weight excluding hydrogens is 352 g/mol. The summed E-state index contributed by atoms with van der Waals surface area (Å²) in [6.07, 6.45) is 1.22. The molecule has 8 heteroatoms. The number of nitrogens with one attached hydrogen (secondary N) is 2. The minimum atomic E-state index is -3.87. The molecule has 0 radical (unpaired) electrons. The predicted octanol–water partition coefficient (Wildman–Crippen LogP) is 3.15. The maximum atomic E-state index is 12.8. The molecule has 0 aliphatic heterocycles. The Kier molecular flexibility index (Phi) is 5.84. The number of hydrogen-bond acceptors (Lipinski definition) is 6. The van der Waals surface area contributed by atoms with E-state index in [-0.39, 0.29) is 10.5 Å². The average molecular weight is 368 g/mol. The molecule has 2 aromatic rings. The van der Waals surface area contributed by atoms with Crippen molar-refractivity contribution in [2.75, 3.05) is 17.1 Å². The molecule has 0 saturated carbocycles. The summed E-state index contributed by atoms with van der Waals surface area (Å²) in [4.78, 5) is 0.0669. The van der Waals surface area contributed by atoms with Crippen molar-refractivity contribution in [3.05, 3.63) is 59.8 Å². The fourth-order valence-corrected chi connectivity index (χ4v) is 3.50. The molecule has 2 N–H and O–H groups in total. The van der Waals surface area contributed by atoms with Crippen molar-refractivity contribution in [2.45, 2.75) is 11.8 Å². The average Bonchev–Trinajstić information content (AvgIpc) is 2.63. The molecule has 0 aliphatic rings. The number of benzene rings is 2. The zero-order valence-corrected chi connectivity index (χ0v) is 15.0. The number of rotatable bonds is 6. The van der Waals surface area contributed by atoms with Gasteiger partial charge in [-0.05, 0) is 36.8 Å². The number of methoxy groups -OCH3 is 1. The van der Waals surface area contributed by atoms with E-state index in [0.29, 0.717) is 22.7 Å². The van der Waals surface area contributed by atoms with Crippen LogP contribution in [0.15, 0.2) is 59.1 Å². The molecule has 2 rings (SSSR count). The summed E-state index contributed by atoms with van der Waals surface area (Å²) in [6, 6.07) is 14.8. The second-order valence-electron chi connectivity index (χ2n) is 5.21. The van der Waals surface area contributed by atoms with E-state index in [1.807, 2.05) is 0 Å². The molecule has 0 heterocycles. The van der Waals surface area contributed by atoms with E-state index in [9.17, 15) is 8.42 Å². The maximum absolute atomic E-state index is 12.8. The highest BCUT2D eigenvalue weighted by Crippen LogP contribution is 2.28. The van der Waals surface area contributed by atoms with E-state index in [1.54, 1.807) is 55.5 Å². The third-order valence-corrected chi connectivity index (χ3v) is 4.96. The van der Waals surface area contributed by atoms with Crippen molar-refractivity contribution in [1.82, 2.24) is 0 Å². The SMILES string of the molecule is COc1ccccc1NS(=O)(=O)c1cc(NC=C(C#N)C#N)ccc1C. The summed E-state index contributed by atoms with van der Waals surface area (Å²) in [5.41, 5.74) is 1.17. The van der Waals surface area contributed by atoms with Gasteiger partial charge >= 0.3 is 0 Å². The predicted molar refractivity (Wildman–Crippen MR) is 97.9 cm³/mol.